The van der Waals surface area contributed by atoms with Gasteiger partial charge in [-0.15, -0.1) is 0 Å². The number of piperidine rings is 1. The molecule has 6 heteroatoms. The lowest BCUT2D eigenvalue weighted by molar-refractivity contribution is -0.135. The summed E-state index contributed by atoms with van der Waals surface area (Å²) in [6, 6.07) is 7.43. The van der Waals surface area contributed by atoms with Crippen molar-refractivity contribution in [2.45, 2.75) is 31.8 Å². The molecule has 2 amide bonds. The van der Waals surface area contributed by atoms with Crippen molar-refractivity contribution in [1.29, 1.82) is 0 Å². The summed E-state index contributed by atoms with van der Waals surface area (Å²) in [5, 5.41) is 0. The molecule has 0 aliphatic carbocycles. The first kappa shape index (κ1) is 16.8. The highest BCUT2D eigenvalue weighted by Crippen LogP contribution is 2.31. The van der Waals surface area contributed by atoms with Crippen LogP contribution < -0.4 is 9.64 Å². The topological polar surface area (TPSA) is 59.1 Å². The number of nitrogens with zero attached hydrogens (tertiary/aromatic N) is 2. The average Bonchev–Trinajstić information content (AvgIpc) is 2.61. The van der Waals surface area contributed by atoms with E-state index in [0.717, 1.165) is 18.5 Å². The molecule has 2 aliphatic rings. The number of hydrogen-bond donors (Lipinski definition) is 0. The molecule has 0 atom stereocenters. The van der Waals surface area contributed by atoms with Gasteiger partial charge in [0, 0.05) is 33.2 Å². The van der Waals surface area contributed by atoms with E-state index in [0.29, 0.717) is 31.8 Å². The van der Waals surface area contributed by atoms with Crippen LogP contribution in [0.25, 0.3) is 0 Å². The van der Waals surface area contributed by atoms with Gasteiger partial charge in [0.1, 0.15) is 5.75 Å². The Hall–Kier alpha value is -2.08. The number of likely N-dealkylation sites (tertiary alicyclic amines) is 1. The van der Waals surface area contributed by atoms with Crippen molar-refractivity contribution in [2.24, 2.45) is 0 Å². The number of amides is 2. The second-order valence-corrected chi connectivity index (χ2v) is 6.59. The molecule has 1 fully saturated rings. The molecule has 0 N–H and O–H groups in total. The van der Waals surface area contributed by atoms with Crippen molar-refractivity contribution in [3.63, 3.8) is 0 Å². The number of para-hydroxylation sites is 2. The summed E-state index contributed by atoms with van der Waals surface area (Å²) in [7, 11) is 1.72. The minimum atomic E-state index is -0.129. The largest absolute Gasteiger partial charge is 0.482 e. The number of ether oxygens (including phenoxy) is 2. The van der Waals surface area contributed by atoms with Crippen molar-refractivity contribution < 1.29 is 19.1 Å². The molecule has 1 aromatic rings. The zero-order chi connectivity index (χ0) is 17.2. The number of carbonyl (C=O) groups excluding carboxylic acids is 2. The summed E-state index contributed by atoms with van der Waals surface area (Å²) in [6.07, 6.45) is 2.01. The molecule has 2 heterocycles. The molecule has 130 valence electrons. The normalized spacial score (nSPS) is 19.7. The van der Waals surface area contributed by atoms with Crippen molar-refractivity contribution in [3.05, 3.63) is 24.3 Å². The third-order valence-corrected chi connectivity index (χ3v) is 5.02. The standard InChI is InChI=1S/C18H24N2O4/c1-18(23-2)8-11-19(12-9-18)16(21)7-10-20-14-5-3-4-6-15(14)24-13-17(20)22/h3-6H,7-13H2,1-2H3. The van der Waals surface area contributed by atoms with Crippen molar-refractivity contribution in [3.8, 4) is 5.75 Å². The van der Waals surface area contributed by atoms with Crippen LogP contribution in [0.15, 0.2) is 24.3 Å². The second kappa shape index (κ2) is 6.81. The Bertz CT molecular complexity index is 623. The monoisotopic (exact) mass is 332 g/mol. The molecular formula is C18H24N2O4. The molecule has 0 bridgehead atoms. The Morgan fingerprint density at radius 3 is 2.71 bits per heavy atom. The SMILES string of the molecule is COC1(C)CCN(C(=O)CCN2C(=O)COc3ccccc32)CC1. The Balaban J connectivity index is 1.58. The highest BCUT2D eigenvalue weighted by atomic mass is 16.5. The van der Waals surface area contributed by atoms with Gasteiger partial charge in [0.15, 0.2) is 6.61 Å². The molecule has 24 heavy (non-hydrogen) atoms. The van der Waals surface area contributed by atoms with Gasteiger partial charge < -0.3 is 19.3 Å². The van der Waals surface area contributed by atoms with Gasteiger partial charge in [0.05, 0.1) is 11.3 Å². The third kappa shape index (κ3) is 3.38. The summed E-state index contributed by atoms with van der Waals surface area (Å²) in [4.78, 5) is 28.1. The molecule has 2 aliphatic heterocycles. The smallest absolute Gasteiger partial charge is 0.265 e. The predicted molar refractivity (Wildman–Crippen MR) is 90.1 cm³/mol. The highest BCUT2D eigenvalue weighted by molar-refractivity contribution is 5.98. The maximum absolute atomic E-state index is 12.5. The summed E-state index contributed by atoms with van der Waals surface area (Å²) in [5.74, 6) is 0.676. The number of benzene rings is 1. The van der Waals surface area contributed by atoms with Crippen LogP contribution in [-0.2, 0) is 14.3 Å². The summed E-state index contributed by atoms with van der Waals surface area (Å²) < 4.78 is 10.9. The lowest BCUT2D eigenvalue weighted by Crippen LogP contribution is -2.47. The van der Waals surface area contributed by atoms with Gasteiger partial charge in [0.2, 0.25) is 5.91 Å². The van der Waals surface area contributed by atoms with Crippen LogP contribution in [0, 0.1) is 0 Å². The number of rotatable bonds is 4. The third-order valence-electron chi connectivity index (χ3n) is 5.02. The number of anilines is 1. The van der Waals surface area contributed by atoms with Crippen molar-refractivity contribution in [2.75, 3.05) is 38.3 Å². The minimum absolute atomic E-state index is 0.0289. The van der Waals surface area contributed by atoms with E-state index in [2.05, 4.69) is 6.92 Å². The fourth-order valence-electron chi connectivity index (χ4n) is 3.20. The molecule has 1 aromatic carbocycles. The first-order valence-corrected chi connectivity index (χ1v) is 8.37. The van der Waals surface area contributed by atoms with Gasteiger partial charge in [0.25, 0.3) is 5.91 Å². The molecule has 0 unspecified atom stereocenters. The number of methoxy groups -OCH3 is 1. The Labute approximate surface area is 142 Å². The molecule has 1 saturated heterocycles. The Kier molecular flexibility index (Phi) is 4.76. The van der Waals surface area contributed by atoms with Crippen LogP contribution in [0.5, 0.6) is 5.75 Å². The average molecular weight is 332 g/mol. The quantitative estimate of drug-likeness (QED) is 0.844. The minimum Gasteiger partial charge on any atom is -0.482 e. The van der Waals surface area contributed by atoms with E-state index >= 15 is 0 Å². The van der Waals surface area contributed by atoms with Crippen LogP contribution in [0.2, 0.25) is 0 Å². The number of fused-ring (bicyclic) bond motifs is 1. The lowest BCUT2D eigenvalue weighted by Gasteiger charge is -2.38. The van der Waals surface area contributed by atoms with Crippen LogP contribution in [0.1, 0.15) is 26.2 Å². The molecule has 0 saturated carbocycles. The van der Waals surface area contributed by atoms with E-state index in [1.54, 1.807) is 12.0 Å². The molecular weight excluding hydrogens is 308 g/mol. The molecule has 3 rings (SSSR count). The van der Waals surface area contributed by atoms with Crippen LogP contribution in [0.4, 0.5) is 5.69 Å². The number of carbonyl (C=O) groups is 2. The van der Waals surface area contributed by atoms with Gasteiger partial charge in [-0.05, 0) is 31.9 Å². The van der Waals surface area contributed by atoms with E-state index in [1.807, 2.05) is 29.2 Å². The highest BCUT2D eigenvalue weighted by Gasteiger charge is 2.32. The Morgan fingerprint density at radius 2 is 2.00 bits per heavy atom. The maximum Gasteiger partial charge on any atom is 0.265 e. The fourth-order valence-corrected chi connectivity index (χ4v) is 3.20. The van der Waals surface area contributed by atoms with E-state index in [1.165, 1.54) is 0 Å². The number of hydrogen-bond acceptors (Lipinski definition) is 4. The van der Waals surface area contributed by atoms with Crippen molar-refractivity contribution in [1.82, 2.24) is 4.90 Å². The maximum atomic E-state index is 12.5. The first-order chi connectivity index (χ1) is 11.5. The molecule has 6 nitrogen and oxygen atoms in total. The summed E-state index contributed by atoms with van der Waals surface area (Å²) in [6.45, 7) is 3.91. The molecule has 0 spiro atoms. The van der Waals surface area contributed by atoms with Gasteiger partial charge in [-0.2, -0.15) is 0 Å². The molecule has 0 aromatic heterocycles. The predicted octanol–water partition coefficient (Wildman–Crippen LogP) is 1.83. The molecule has 0 radical (unpaired) electrons. The van der Waals surface area contributed by atoms with Gasteiger partial charge >= 0.3 is 0 Å². The summed E-state index contributed by atoms with van der Waals surface area (Å²) >= 11 is 0. The van der Waals surface area contributed by atoms with Crippen LogP contribution in [0.3, 0.4) is 0 Å². The fraction of sp³-hybridized carbons (Fsp3) is 0.556. The van der Waals surface area contributed by atoms with E-state index in [-0.39, 0.29) is 24.0 Å². The zero-order valence-corrected chi connectivity index (χ0v) is 14.3. The van der Waals surface area contributed by atoms with Crippen LogP contribution >= 0.6 is 0 Å². The first-order valence-electron chi connectivity index (χ1n) is 8.37. The summed E-state index contributed by atoms with van der Waals surface area (Å²) in [5.41, 5.74) is 0.614. The van der Waals surface area contributed by atoms with Gasteiger partial charge in [-0.25, -0.2) is 0 Å². The van der Waals surface area contributed by atoms with E-state index < -0.39 is 0 Å². The van der Waals surface area contributed by atoms with E-state index in [4.69, 9.17) is 9.47 Å². The Morgan fingerprint density at radius 1 is 1.29 bits per heavy atom. The van der Waals surface area contributed by atoms with Crippen molar-refractivity contribution >= 4 is 17.5 Å². The second-order valence-electron chi connectivity index (χ2n) is 6.59. The van der Waals surface area contributed by atoms with Gasteiger partial charge in [-0.1, -0.05) is 12.1 Å². The lowest BCUT2D eigenvalue weighted by atomic mass is 9.93. The van der Waals surface area contributed by atoms with E-state index in [9.17, 15) is 9.59 Å². The van der Waals surface area contributed by atoms with Crippen LogP contribution in [-0.4, -0.2) is 55.7 Å². The zero-order valence-electron chi connectivity index (χ0n) is 14.3. The van der Waals surface area contributed by atoms with Gasteiger partial charge in [-0.3, -0.25) is 9.59 Å².